The average Bonchev–Trinajstić information content (AvgIpc) is 2.53. The monoisotopic (exact) mass is 387 g/mol. The summed E-state index contributed by atoms with van der Waals surface area (Å²) in [6.07, 6.45) is -0.570. The largest absolute Gasteiger partial charge is 0.449 e. The average molecular weight is 387 g/mol. The molecule has 0 saturated carbocycles. The van der Waals surface area contributed by atoms with Crippen molar-refractivity contribution in [3.63, 3.8) is 0 Å². The Balaban J connectivity index is 2.97. The molecule has 0 heterocycles. The molecule has 1 atom stereocenters. The van der Waals surface area contributed by atoms with E-state index in [9.17, 15) is 32.9 Å². The van der Waals surface area contributed by atoms with Crippen LogP contribution in [0.5, 0.6) is 0 Å². The number of carbonyl (C=O) groups is 3. The van der Waals surface area contributed by atoms with Crippen LogP contribution in [0.1, 0.15) is 24.2 Å². The molecule has 142 valence electrons. The van der Waals surface area contributed by atoms with E-state index >= 15 is 0 Å². The van der Waals surface area contributed by atoms with Gasteiger partial charge in [0.25, 0.3) is 11.6 Å². The van der Waals surface area contributed by atoms with E-state index in [1.807, 2.05) is 5.32 Å². The molecule has 2 N–H and O–H groups in total. The van der Waals surface area contributed by atoms with E-state index < -0.39 is 49.4 Å². The highest BCUT2D eigenvalue weighted by molar-refractivity contribution is 7.90. The predicted molar refractivity (Wildman–Crippen MR) is 88.3 cm³/mol. The van der Waals surface area contributed by atoms with Gasteiger partial charge >= 0.3 is 12.0 Å². The lowest BCUT2D eigenvalue weighted by Gasteiger charge is -2.13. The number of imide groups is 1. The molecule has 0 radical (unpaired) electrons. The van der Waals surface area contributed by atoms with E-state index in [4.69, 9.17) is 4.74 Å². The molecule has 1 unspecified atom stereocenters. The second-order valence-electron chi connectivity index (χ2n) is 5.11. The maximum Gasteiger partial charge on any atom is 0.339 e. The van der Waals surface area contributed by atoms with Crippen LogP contribution < -0.4 is 10.6 Å². The van der Waals surface area contributed by atoms with Crippen LogP contribution in [-0.2, 0) is 19.4 Å². The first-order chi connectivity index (χ1) is 12.0. The SMILES string of the molecule is CCNC(=O)NC(=O)C(C)OC(=O)c1ccc(S(C)(=O)=O)c([N+](=O)[O-])c1. The number of nitro groups is 1. The van der Waals surface area contributed by atoms with Crippen molar-refractivity contribution >= 4 is 33.4 Å². The number of amides is 3. The lowest BCUT2D eigenvalue weighted by molar-refractivity contribution is -0.387. The summed E-state index contributed by atoms with van der Waals surface area (Å²) in [4.78, 5) is 44.5. The molecule has 3 amide bonds. The van der Waals surface area contributed by atoms with Crippen molar-refractivity contribution in [2.24, 2.45) is 0 Å². The van der Waals surface area contributed by atoms with E-state index in [-0.39, 0.29) is 12.1 Å². The summed E-state index contributed by atoms with van der Waals surface area (Å²) in [5, 5.41) is 15.3. The number of hydrogen-bond donors (Lipinski definition) is 2. The first-order valence-electron chi connectivity index (χ1n) is 7.25. The number of rotatable bonds is 6. The van der Waals surface area contributed by atoms with Gasteiger partial charge in [0.2, 0.25) is 0 Å². The summed E-state index contributed by atoms with van der Waals surface area (Å²) >= 11 is 0. The maximum absolute atomic E-state index is 12.0. The van der Waals surface area contributed by atoms with E-state index in [1.165, 1.54) is 6.92 Å². The molecule has 0 aromatic heterocycles. The molecule has 0 saturated heterocycles. The molecule has 0 aliphatic carbocycles. The van der Waals surface area contributed by atoms with Gasteiger partial charge < -0.3 is 10.1 Å². The molecule has 0 bridgehead atoms. The zero-order valence-electron chi connectivity index (χ0n) is 14.1. The highest BCUT2D eigenvalue weighted by atomic mass is 32.2. The smallest absolute Gasteiger partial charge is 0.339 e. The van der Waals surface area contributed by atoms with Gasteiger partial charge in [-0.05, 0) is 26.0 Å². The summed E-state index contributed by atoms with van der Waals surface area (Å²) in [5.74, 6) is -1.99. The van der Waals surface area contributed by atoms with E-state index in [2.05, 4.69) is 5.32 Å². The number of hydrogen-bond acceptors (Lipinski definition) is 8. The van der Waals surface area contributed by atoms with Gasteiger partial charge in [-0.15, -0.1) is 0 Å². The van der Waals surface area contributed by atoms with Gasteiger partial charge in [0, 0.05) is 18.9 Å². The summed E-state index contributed by atoms with van der Waals surface area (Å²) in [6.45, 7) is 3.12. The van der Waals surface area contributed by atoms with Crippen LogP contribution in [0, 0.1) is 10.1 Å². The van der Waals surface area contributed by atoms with Crippen LogP contribution in [0.4, 0.5) is 10.5 Å². The van der Waals surface area contributed by atoms with Crippen LogP contribution in [0.3, 0.4) is 0 Å². The fourth-order valence-corrected chi connectivity index (χ4v) is 2.63. The molecule has 1 aromatic rings. The van der Waals surface area contributed by atoms with Crippen LogP contribution in [-0.4, -0.2) is 50.2 Å². The molecule has 0 spiro atoms. The van der Waals surface area contributed by atoms with Gasteiger partial charge in [-0.1, -0.05) is 0 Å². The Labute approximate surface area is 148 Å². The molecule has 0 aliphatic rings. The van der Waals surface area contributed by atoms with Gasteiger partial charge in [0.15, 0.2) is 15.9 Å². The zero-order chi connectivity index (χ0) is 20.1. The van der Waals surface area contributed by atoms with E-state index in [1.54, 1.807) is 6.92 Å². The van der Waals surface area contributed by atoms with Crippen molar-refractivity contribution in [2.75, 3.05) is 12.8 Å². The van der Waals surface area contributed by atoms with Crippen molar-refractivity contribution in [1.82, 2.24) is 10.6 Å². The lowest BCUT2D eigenvalue weighted by Crippen LogP contribution is -2.44. The van der Waals surface area contributed by atoms with Crippen molar-refractivity contribution in [1.29, 1.82) is 0 Å². The fourth-order valence-electron chi connectivity index (χ4n) is 1.80. The summed E-state index contributed by atoms with van der Waals surface area (Å²) in [7, 11) is -3.88. The number of sulfone groups is 1. The standard InChI is InChI=1S/C14H17N3O8S/c1-4-15-14(20)16-12(18)8(2)25-13(19)9-5-6-11(26(3,23)24)10(7-9)17(21)22/h5-8H,4H2,1-3H3,(H2,15,16,18,20). The van der Waals surface area contributed by atoms with Crippen LogP contribution in [0.2, 0.25) is 0 Å². The highest BCUT2D eigenvalue weighted by Gasteiger charge is 2.26. The number of nitro benzene ring substituents is 1. The molecule has 26 heavy (non-hydrogen) atoms. The van der Waals surface area contributed by atoms with Gasteiger partial charge in [0.05, 0.1) is 10.5 Å². The first-order valence-corrected chi connectivity index (χ1v) is 9.14. The quantitative estimate of drug-likeness (QED) is 0.402. The molecular formula is C14H17N3O8S. The molecule has 0 aliphatic heterocycles. The minimum atomic E-state index is -3.88. The second-order valence-corrected chi connectivity index (χ2v) is 7.09. The highest BCUT2D eigenvalue weighted by Crippen LogP contribution is 2.25. The Morgan fingerprint density at radius 1 is 1.31 bits per heavy atom. The summed E-state index contributed by atoms with van der Waals surface area (Å²) < 4.78 is 27.9. The number of nitrogens with one attached hydrogen (secondary N) is 2. The molecule has 11 nitrogen and oxygen atoms in total. The number of carbonyl (C=O) groups excluding carboxylic acids is 3. The van der Waals surface area contributed by atoms with Crippen LogP contribution in [0.15, 0.2) is 23.1 Å². The first kappa shape index (κ1) is 21.0. The molecule has 1 aromatic carbocycles. The van der Waals surface area contributed by atoms with Crippen LogP contribution in [0.25, 0.3) is 0 Å². The van der Waals surface area contributed by atoms with Crippen molar-refractivity contribution in [3.05, 3.63) is 33.9 Å². The van der Waals surface area contributed by atoms with Crippen molar-refractivity contribution in [2.45, 2.75) is 24.8 Å². The third kappa shape index (κ3) is 5.51. The number of urea groups is 1. The topological polar surface area (TPSA) is 162 Å². The third-order valence-electron chi connectivity index (χ3n) is 3.02. The fraction of sp³-hybridized carbons (Fsp3) is 0.357. The Bertz CT molecular complexity index is 850. The normalized spacial score (nSPS) is 12.0. The summed E-state index contributed by atoms with van der Waals surface area (Å²) in [5.41, 5.74) is -1.11. The van der Waals surface area contributed by atoms with E-state index in [0.29, 0.717) is 0 Å². The number of benzene rings is 1. The van der Waals surface area contributed by atoms with Gasteiger partial charge in [0.1, 0.15) is 4.90 Å². The van der Waals surface area contributed by atoms with Gasteiger partial charge in [-0.25, -0.2) is 18.0 Å². The molecule has 1 rings (SSSR count). The Hall–Kier alpha value is -3.02. The summed E-state index contributed by atoms with van der Waals surface area (Å²) in [6, 6.07) is 1.91. The number of nitrogens with zero attached hydrogens (tertiary/aromatic N) is 1. The predicted octanol–water partition coefficient (Wildman–Crippen LogP) is 0.389. The van der Waals surface area contributed by atoms with Crippen molar-refractivity contribution in [3.8, 4) is 0 Å². The Morgan fingerprint density at radius 3 is 2.42 bits per heavy atom. The molecule has 12 heteroatoms. The zero-order valence-corrected chi connectivity index (χ0v) is 15.0. The molecule has 0 fully saturated rings. The lowest BCUT2D eigenvalue weighted by atomic mass is 10.2. The van der Waals surface area contributed by atoms with Crippen molar-refractivity contribution < 1.29 is 32.5 Å². The van der Waals surface area contributed by atoms with Gasteiger partial charge in [-0.3, -0.25) is 20.2 Å². The Kier molecular flexibility index (Phi) is 6.78. The minimum absolute atomic E-state index is 0.281. The third-order valence-corrected chi connectivity index (χ3v) is 4.16. The number of esters is 1. The maximum atomic E-state index is 12.0. The Morgan fingerprint density at radius 2 is 1.92 bits per heavy atom. The minimum Gasteiger partial charge on any atom is -0.449 e. The number of ether oxygens (including phenoxy) is 1. The van der Waals surface area contributed by atoms with E-state index in [0.717, 1.165) is 24.5 Å². The van der Waals surface area contributed by atoms with Crippen LogP contribution >= 0.6 is 0 Å². The second kappa shape index (κ2) is 8.38. The molecular weight excluding hydrogens is 370 g/mol. The van der Waals surface area contributed by atoms with Gasteiger partial charge in [-0.2, -0.15) is 0 Å².